The number of carbonyl (C=O) groups is 1. The van der Waals surface area contributed by atoms with Crippen molar-refractivity contribution in [3.63, 3.8) is 0 Å². The van der Waals surface area contributed by atoms with E-state index in [0.717, 1.165) is 50.7 Å². The minimum atomic E-state index is -0.00646. The van der Waals surface area contributed by atoms with Gasteiger partial charge in [-0.25, -0.2) is 9.78 Å². The fourth-order valence-electron chi connectivity index (χ4n) is 3.34. The quantitative estimate of drug-likeness (QED) is 0.868. The molecule has 0 unspecified atom stereocenters. The summed E-state index contributed by atoms with van der Waals surface area (Å²) < 4.78 is 5.39. The van der Waals surface area contributed by atoms with E-state index in [9.17, 15) is 4.79 Å². The number of aromatic nitrogens is 1. The highest BCUT2D eigenvalue weighted by Gasteiger charge is 2.21. The van der Waals surface area contributed by atoms with Gasteiger partial charge in [-0.3, -0.25) is 0 Å². The molecular formula is C18H28N4O2. The van der Waals surface area contributed by atoms with Crippen LogP contribution in [0.2, 0.25) is 0 Å². The Labute approximate surface area is 144 Å². The van der Waals surface area contributed by atoms with Crippen molar-refractivity contribution in [3.05, 3.63) is 23.9 Å². The first-order chi connectivity index (χ1) is 11.8. The summed E-state index contributed by atoms with van der Waals surface area (Å²) in [5.41, 5.74) is 1.03. The Kier molecular flexibility index (Phi) is 5.91. The minimum absolute atomic E-state index is 0.00646. The molecule has 2 saturated heterocycles. The van der Waals surface area contributed by atoms with Gasteiger partial charge in [-0.2, -0.15) is 0 Å². The fourth-order valence-corrected chi connectivity index (χ4v) is 3.34. The number of rotatable bonds is 6. The van der Waals surface area contributed by atoms with Crippen LogP contribution in [0.25, 0.3) is 0 Å². The highest BCUT2D eigenvalue weighted by Crippen LogP contribution is 2.17. The van der Waals surface area contributed by atoms with Crippen LogP contribution in [0.4, 0.5) is 10.6 Å². The lowest BCUT2D eigenvalue weighted by atomic mass is 10.1. The molecule has 2 aliphatic rings. The number of nitrogens with one attached hydrogen (secondary N) is 1. The summed E-state index contributed by atoms with van der Waals surface area (Å²) in [5.74, 6) is 1.51. The van der Waals surface area contributed by atoms with Crippen LogP contribution in [0.15, 0.2) is 18.3 Å². The second-order valence-corrected chi connectivity index (χ2v) is 6.65. The molecule has 6 nitrogen and oxygen atoms in total. The van der Waals surface area contributed by atoms with Crippen LogP contribution in [0.3, 0.4) is 0 Å². The van der Waals surface area contributed by atoms with Crippen molar-refractivity contribution < 1.29 is 9.53 Å². The van der Waals surface area contributed by atoms with Crippen molar-refractivity contribution >= 4 is 11.8 Å². The largest absolute Gasteiger partial charge is 0.381 e. The van der Waals surface area contributed by atoms with Gasteiger partial charge in [0.1, 0.15) is 5.82 Å². The molecule has 1 N–H and O–H groups in total. The van der Waals surface area contributed by atoms with Gasteiger partial charge in [-0.1, -0.05) is 6.07 Å². The maximum atomic E-state index is 12.4. The van der Waals surface area contributed by atoms with Crippen molar-refractivity contribution in [3.8, 4) is 0 Å². The standard InChI is InChI=1S/C18H28N4O2/c1-2-21(13-16-7-10-24-14-16)18(23)20-12-15-5-6-17(19-11-15)22-8-3-4-9-22/h5-6,11,16H,2-4,7-10,12-14H2,1H3,(H,20,23)/t16-/m1/s1. The molecule has 1 aromatic heterocycles. The van der Waals surface area contributed by atoms with E-state index in [1.807, 2.05) is 18.0 Å². The average Bonchev–Trinajstić information content (AvgIpc) is 3.31. The summed E-state index contributed by atoms with van der Waals surface area (Å²) in [4.78, 5) is 21.1. The fraction of sp³-hybridized carbons (Fsp3) is 0.667. The van der Waals surface area contributed by atoms with Crippen molar-refractivity contribution in [2.24, 2.45) is 5.92 Å². The Morgan fingerprint density at radius 2 is 2.25 bits per heavy atom. The van der Waals surface area contributed by atoms with Crippen molar-refractivity contribution in [1.29, 1.82) is 0 Å². The van der Waals surface area contributed by atoms with E-state index in [4.69, 9.17) is 4.74 Å². The zero-order valence-corrected chi connectivity index (χ0v) is 14.5. The second kappa shape index (κ2) is 8.33. The van der Waals surface area contributed by atoms with Gasteiger partial charge in [-0.15, -0.1) is 0 Å². The highest BCUT2D eigenvalue weighted by molar-refractivity contribution is 5.74. The normalized spacial score (nSPS) is 20.4. The van der Waals surface area contributed by atoms with Crippen LogP contribution >= 0.6 is 0 Å². The molecule has 0 saturated carbocycles. The number of urea groups is 1. The molecule has 24 heavy (non-hydrogen) atoms. The molecule has 0 bridgehead atoms. The molecule has 2 fully saturated rings. The van der Waals surface area contributed by atoms with Crippen LogP contribution in [-0.2, 0) is 11.3 Å². The minimum Gasteiger partial charge on any atom is -0.381 e. The molecule has 132 valence electrons. The lowest BCUT2D eigenvalue weighted by Crippen LogP contribution is -2.42. The number of nitrogens with zero attached hydrogens (tertiary/aromatic N) is 3. The molecule has 1 atom stereocenters. The molecule has 0 radical (unpaired) electrons. The first-order valence-electron chi connectivity index (χ1n) is 9.06. The molecule has 1 aromatic rings. The van der Waals surface area contributed by atoms with Gasteiger partial charge in [0.25, 0.3) is 0 Å². The molecule has 2 aliphatic heterocycles. The van der Waals surface area contributed by atoms with E-state index in [0.29, 0.717) is 19.0 Å². The van der Waals surface area contributed by atoms with E-state index in [2.05, 4.69) is 27.3 Å². The van der Waals surface area contributed by atoms with E-state index < -0.39 is 0 Å². The third kappa shape index (κ3) is 4.38. The van der Waals surface area contributed by atoms with E-state index >= 15 is 0 Å². The average molecular weight is 332 g/mol. The van der Waals surface area contributed by atoms with E-state index in [1.54, 1.807) is 0 Å². The second-order valence-electron chi connectivity index (χ2n) is 6.65. The van der Waals surface area contributed by atoms with Crippen molar-refractivity contribution in [1.82, 2.24) is 15.2 Å². The third-order valence-electron chi connectivity index (χ3n) is 4.85. The molecule has 0 spiro atoms. The predicted molar refractivity (Wildman–Crippen MR) is 94.1 cm³/mol. The lowest BCUT2D eigenvalue weighted by molar-refractivity contribution is 0.166. The smallest absolute Gasteiger partial charge is 0.317 e. The van der Waals surface area contributed by atoms with Gasteiger partial charge in [0.05, 0.1) is 6.61 Å². The summed E-state index contributed by atoms with van der Waals surface area (Å²) in [7, 11) is 0. The third-order valence-corrected chi connectivity index (χ3v) is 4.85. The number of ether oxygens (including phenoxy) is 1. The van der Waals surface area contributed by atoms with Gasteiger partial charge in [0, 0.05) is 51.4 Å². The van der Waals surface area contributed by atoms with Crippen LogP contribution in [0.5, 0.6) is 0 Å². The highest BCUT2D eigenvalue weighted by atomic mass is 16.5. The monoisotopic (exact) mass is 332 g/mol. The molecule has 6 heteroatoms. The Balaban J connectivity index is 1.47. The lowest BCUT2D eigenvalue weighted by Gasteiger charge is -2.24. The molecular weight excluding hydrogens is 304 g/mol. The van der Waals surface area contributed by atoms with Crippen molar-refractivity contribution in [2.75, 3.05) is 44.3 Å². The maximum Gasteiger partial charge on any atom is 0.317 e. The Bertz CT molecular complexity index is 522. The van der Waals surface area contributed by atoms with Crippen molar-refractivity contribution in [2.45, 2.75) is 32.7 Å². The summed E-state index contributed by atoms with van der Waals surface area (Å²) in [5, 5.41) is 3.01. The number of carbonyl (C=O) groups excluding carboxylic acids is 1. The molecule has 3 heterocycles. The Morgan fingerprint density at radius 1 is 1.42 bits per heavy atom. The number of hydrogen-bond donors (Lipinski definition) is 1. The predicted octanol–water partition coefficient (Wildman–Crippen LogP) is 2.25. The number of hydrogen-bond acceptors (Lipinski definition) is 4. The topological polar surface area (TPSA) is 57.7 Å². The van der Waals surface area contributed by atoms with Gasteiger partial charge < -0.3 is 19.9 Å². The van der Waals surface area contributed by atoms with Gasteiger partial charge >= 0.3 is 6.03 Å². The van der Waals surface area contributed by atoms with Gasteiger partial charge in [0.2, 0.25) is 0 Å². The molecule has 3 rings (SSSR count). The summed E-state index contributed by atoms with van der Waals surface area (Å²) in [6.45, 7) is 7.80. The van der Waals surface area contributed by atoms with Crippen LogP contribution < -0.4 is 10.2 Å². The van der Waals surface area contributed by atoms with E-state index in [-0.39, 0.29) is 6.03 Å². The molecule has 0 aromatic carbocycles. The first-order valence-corrected chi connectivity index (χ1v) is 9.06. The van der Waals surface area contributed by atoms with Gasteiger partial charge in [-0.05, 0) is 37.8 Å². The number of pyridine rings is 1. The SMILES string of the molecule is CCN(C[C@H]1CCOC1)C(=O)NCc1ccc(N2CCCC2)nc1. The zero-order valence-electron chi connectivity index (χ0n) is 14.5. The van der Waals surface area contributed by atoms with Crippen LogP contribution in [0.1, 0.15) is 31.7 Å². The molecule has 0 aliphatic carbocycles. The first kappa shape index (κ1) is 17.0. The maximum absolute atomic E-state index is 12.4. The summed E-state index contributed by atoms with van der Waals surface area (Å²) in [6, 6.07) is 4.11. The number of anilines is 1. The Hall–Kier alpha value is -1.82. The zero-order chi connectivity index (χ0) is 16.8. The summed E-state index contributed by atoms with van der Waals surface area (Å²) >= 11 is 0. The van der Waals surface area contributed by atoms with Crippen LogP contribution in [0, 0.1) is 5.92 Å². The number of amides is 2. The van der Waals surface area contributed by atoms with Gasteiger partial charge in [0.15, 0.2) is 0 Å². The summed E-state index contributed by atoms with van der Waals surface area (Å²) in [6.07, 6.45) is 5.41. The van der Waals surface area contributed by atoms with Crippen LogP contribution in [-0.4, -0.2) is 55.3 Å². The van der Waals surface area contributed by atoms with E-state index in [1.165, 1.54) is 12.8 Å². The molecule has 2 amide bonds. The Morgan fingerprint density at radius 3 is 2.88 bits per heavy atom.